The normalized spacial score (nSPS) is 15.8. The van der Waals surface area contributed by atoms with E-state index in [1.165, 1.54) is 12.1 Å². The van der Waals surface area contributed by atoms with Crippen LogP contribution in [0.15, 0.2) is 84.9 Å². The molecule has 1 N–H and O–H groups in total. The summed E-state index contributed by atoms with van der Waals surface area (Å²) >= 11 is 0. The Morgan fingerprint density at radius 3 is 2.57 bits per heavy atom. The number of ether oxygens (including phenoxy) is 1. The third-order valence-electron chi connectivity index (χ3n) is 6.69. The Hall–Kier alpha value is -3.70. The molecular weight excluding hydrogens is 441 g/mol. The second-order valence-corrected chi connectivity index (χ2v) is 9.12. The van der Waals surface area contributed by atoms with Gasteiger partial charge in [0, 0.05) is 25.3 Å². The second kappa shape index (κ2) is 10.3. The van der Waals surface area contributed by atoms with Gasteiger partial charge in [0.05, 0.1) is 0 Å². The second-order valence-electron chi connectivity index (χ2n) is 9.12. The number of aliphatic hydroxyl groups is 1. The summed E-state index contributed by atoms with van der Waals surface area (Å²) in [7, 11) is 0. The molecule has 5 heteroatoms. The smallest absolute Gasteiger partial charge is 0.253 e. The predicted octanol–water partition coefficient (Wildman–Crippen LogP) is 6.07. The first-order chi connectivity index (χ1) is 17.1. The molecule has 4 aromatic carbocycles. The topological polar surface area (TPSA) is 49.8 Å². The van der Waals surface area contributed by atoms with Crippen molar-refractivity contribution in [1.82, 2.24) is 4.90 Å². The van der Waals surface area contributed by atoms with E-state index in [4.69, 9.17) is 4.74 Å². The number of amides is 1. The minimum Gasteiger partial charge on any atom is -0.489 e. The number of likely N-dealkylation sites (tertiary alicyclic amines) is 1. The maximum atomic E-state index is 13.2. The van der Waals surface area contributed by atoms with Gasteiger partial charge in [-0.2, -0.15) is 0 Å². The number of nitrogens with zero attached hydrogens (tertiary/aromatic N) is 1. The third-order valence-corrected chi connectivity index (χ3v) is 6.69. The fraction of sp³-hybridized carbons (Fsp3) is 0.233. The van der Waals surface area contributed by atoms with Gasteiger partial charge in [-0.15, -0.1) is 0 Å². The summed E-state index contributed by atoms with van der Waals surface area (Å²) in [6.45, 7) is 1.85. The van der Waals surface area contributed by atoms with Crippen LogP contribution in [-0.2, 0) is 6.61 Å². The molecule has 0 aromatic heterocycles. The van der Waals surface area contributed by atoms with Crippen molar-refractivity contribution in [3.8, 4) is 16.9 Å². The van der Waals surface area contributed by atoms with Gasteiger partial charge in [0.2, 0.25) is 0 Å². The number of benzene rings is 4. The Morgan fingerprint density at radius 1 is 0.971 bits per heavy atom. The molecule has 4 nitrogen and oxygen atoms in total. The van der Waals surface area contributed by atoms with E-state index in [0.29, 0.717) is 24.5 Å². The Labute approximate surface area is 204 Å². The lowest BCUT2D eigenvalue weighted by atomic mass is 9.96. The standard InChI is InChI=1S/C30H28FNO3/c31-27-11-13-28(14-12-27)35-20-26-5-1-2-6-29(26)24-9-7-23-17-25(10-8-22(23)16-24)30(34)32-15-3-4-21(18-32)19-33/h1-2,5-14,16-17,21,33H,3-4,15,18-20H2. The van der Waals surface area contributed by atoms with Crippen molar-refractivity contribution in [2.75, 3.05) is 19.7 Å². The number of carbonyl (C=O) groups is 1. The average molecular weight is 470 g/mol. The van der Waals surface area contributed by atoms with E-state index in [9.17, 15) is 14.3 Å². The Morgan fingerprint density at radius 2 is 1.74 bits per heavy atom. The summed E-state index contributed by atoms with van der Waals surface area (Å²) in [5, 5.41) is 11.5. The van der Waals surface area contributed by atoms with Crippen LogP contribution in [0.4, 0.5) is 4.39 Å². The molecule has 1 aliphatic rings. The lowest BCUT2D eigenvalue weighted by Crippen LogP contribution is -2.40. The van der Waals surface area contributed by atoms with E-state index in [0.717, 1.165) is 46.8 Å². The fourth-order valence-electron chi connectivity index (χ4n) is 4.75. The summed E-state index contributed by atoms with van der Waals surface area (Å²) in [5.41, 5.74) is 3.85. The molecule has 1 heterocycles. The van der Waals surface area contributed by atoms with Crippen molar-refractivity contribution < 1.29 is 19.0 Å². The van der Waals surface area contributed by atoms with Gasteiger partial charge in [0.15, 0.2) is 0 Å². The van der Waals surface area contributed by atoms with Crippen molar-refractivity contribution in [3.05, 3.63) is 102 Å². The van der Waals surface area contributed by atoms with Crippen LogP contribution in [0.3, 0.4) is 0 Å². The van der Waals surface area contributed by atoms with Gasteiger partial charge < -0.3 is 14.7 Å². The molecule has 0 saturated carbocycles. The highest BCUT2D eigenvalue weighted by atomic mass is 19.1. The maximum absolute atomic E-state index is 13.2. The first-order valence-corrected chi connectivity index (χ1v) is 12.0. The van der Waals surface area contributed by atoms with Gasteiger partial charge in [-0.3, -0.25) is 4.79 Å². The van der Waals surface area contributed by atoms with Gasteiger partial charge in [-0.1, -0.05) is 42.5 Å². The number of hydrogen-bond donors (Lipinski definition) is 1. The summed E-state index contributed by atoms with van der Waals surface area (Å²) in [5.74, 6) is 0.528. The highest BCUT2D eigenvalue weighted by Gasteiger charge is 2.24. The van der Waals surface area contributed by atoms with E-state index in [1.807, 2.05) is 47.4 Å². The van der Waals surface area contributed by atoms with Crippen molar-refractivity contribution in [2.24, 2.45) is 5.92 Å². The molecule has 0 aliphatic carbocycles. The number of rotatable bonds is 6. The molecule has 1 amide bonds. The van der Waals surface area contributed by atoms with Crippen molar-refractivity contribution in [3.63, 3.8) is 0 Å². The van der Waals surface area contributed by atoms with E-state index >= 15 is 0 Å². The van der Waals surface area contributed by atoms with E-state index in [-0.39, 0.29) is 24.2 Å². The number of aliphatic hydroxyl groups excluding tert-OH is 1. The van der Waals surface area contributed by atoms with Crippen molar-refractivity contribution in [1.29, 1.82) is 0 Å². The predicted molar refractivity (Wildman–Crippen MR) is 136 cm³/mol. The molecule has 1 fully saturated rings. The molecule has 178 valence electrons. The zero-order chi connectivity index (χ0) is 24.2. The molecule has 0 spiro atoms. The minimum atomic E-state index is -0.288. The molecule has 1 unspecified atom stereocenters. The monoisotopic (exact) mass is 469 g/mol. The van der Waals surface area contributed by atoms with Crippen LogP contribution in [-0.4, -0.2) is 35.6 Å². The molecule has 35 heavy (non-hydrogen) atoms. The van der Waals surface area contributed by atoms with E-state index in [1.54, 1.807) is 12.1 Å². The average Bonchev–Trinajstić information content (AvgIpc) is 2.92. The highest BCUT2D eigenvalue weighted by molar-refractivity contribution is 5.99. The molecular formula is C30H28FNO3. The van der Waals surface area contributed by atoms with Crippen LogP contribution in [0.5, 0.6) is 5.75 Å². The maximum Gasteiger partial charge on any atom is 0.253 e. The first kappa shape index (κ1) is 23.1. The molecule has 0 radical (unpaired) electrons. The van der Waals surface area contributed by atoms with Gasteiger partial charge in [0.1, 0.15) is 18.2 Å². The van der Waals surface area contributed by atoms with Crippen LogP contribution in [0, 0.1) is 11.7 Å². The third kappa shape index (κ3) is 5.20. The quantitative estimate of drug-likeness (QED) is 0.373. The number of hydrogen-bond acceptors (Lipinski definition) is 3. The van der Waals surface area contributed by atoms with Crippen LogP contribution in [0.2, 0.25) is 0 Å². The molecule has 1 aliphatic heterocycles. The Bertz CT molecular complexity index is 1340. The lowest BCUT2D eigenvalue weighted by molar-refractivity contribution is 0.0621. The van der Waals surface area contributed by atoms with Crippen molar-refractivity contribution >= 4 is 16.7 Å². The van der Waals surface area contributed by atoms with Gasteiger partial charge >= 0.3 is 0 Å². The molecule has 4 aromatic rings. The number of piperidine rings is 1. The zero-order valence-corrected chi connectivity index (χ0v) is 19.5. The summed E-state index contributed by atoms with van der Waals surface area (Å²) in [6, 6.07) is 26.2. The van der Waals surface area contributed by atoms with Gasteiger partial charge in [-0.25, -0.2) is 4.39 Å². The number of fused-ring (bicyclic) bond motifs is 1. The number of halogens is 1. The lowest BCUT2D eigenvalue weighted by Gasteiger charge is -2.32. The highest BCUT2D eigenvalue weighted by Crippen LogP contribution is 2.29. The van der Waals surface area contributed by atoms with Crippen LogP contribution < -0.4 is 4.74 Å². The summed E-state index contributed by atoms with van der Waals surface area (Å²) in [6.07, 6.45) is 1.90. The molecule has 1 atom stereocenters. The Balaban J connectivity index is 1.36. The van der Waals surface area contributed by atoms with Crippen LogP contribution in [0.1, 0.15) is 28.8 Å². The summed E-state index contributed by atoms with van der Waals surface area (Å²) in [4.78, 5) is 14.9. The first-order valence-electron chi connectivity index (χ1n) is 12.0. The van der Waals surface area contributed by atoms with E-state index in [2.05, 4.69) is 18.2 Å². The molecule has 5 rings (SSSR count). The minimum absolute atomic E-state index is 0.0254. The van der Waals surface area contributed by atoms with Crippen LogP contribution in [0.25, 0.3) is 21.9 Å². The van der Waals surface area contributed by atoms with Crippen molar-refractivity contribution in [2.45, 2.75) is 19.4 Å². The largest absolute Gasteiger partial charge is 0.489 e. The summed E-state index contributed by atoms with van der Waals surface area (Å²) < 4.78 is 19.1. The van der Waals surface area contributed by atoms with Crippen LogP contribution >= 0.6 is 0 Å². The molecule has 1 saturated heterocycles. The van der Waals surface area contributed by atoms with Gasteiger partial charge in [-0.05, 0) is 88.7 Å². The van der Waals surface area contributed by atoms with E-state index < -0.39 is 0 Å². The SMILES string of the molecule is O=C(c1ccc2cc(-c3ccccc3COc3ccc(F)cc3)ccc2c1)N1CCCC(CO)C1. The molecule has 0 bridgehead atoms. The number of carbonyl (C=O) groups excluding carboxylic acids is 1. The Kier molecular flexibility index (Phi) is 6.77. The van der Waals surface area contributed by atoms with Gasteiger partial charge in [0.25, 0.3) is 5.91 Å². The zero-order valence-electron chi connectivity index (χ0n) is 19.5. The fourth-order valence-corrected chi connectivity index (χ4v) is 4.75.